The summed E-state index contributed by atoms with van der Waals surface area (Å²) in [7, 11) is 0. The minimum Gasteiger partial charge on any atom is -0.419 e. The van der Waals surface area contributed by atoms with Crippen LogP contribution < -0.4 is 5.73 Å². The van der Waals surface area contributed by atoms with E-state index in [-0.39, 0.29) is 6.54 Å². The van der Waals surface area contributed by atoms with Gasteiger partial charge in [-0.15, -0.1) is 10.2 Å². The van der Waals surface area contributed by atoms with Gasteiger partial charge in [0, 0.05) is 17.1 Å². The Labute approximate surface area is 97.3 Å². The van der Waals surface area contributed by atoms with Crippen molar-refractivity contribution in [2.75, 3.05) is 0 Å². The number of fused-ring (bicyclic) bond motifs is 1. The summed E-state index contributed by atoms with van der Waals surface area (Å²) in [6.07, 6.45) is 1.73. The number of para-hydroxylation sites is 1. The van der Waals surface area contributed by atoms with Gasteiger partial charge in [0.1, 0.15) is 0 Å². The Morgan fingerprint density at radius 2 is 2.00 bits per heavy atom. The highest BCUT2D eigenvalue weighted by atomic mass is 16.4. The number of aromatic nitrogens is 3. The molecule has 0 aliphatic heterocycles. The van der Waals surface area contributed by atoms with Gasteiger partial charge in [-0.3, -0.25) is 4.98 Å². The lowest BCUT2D eigenvalue weighted by Crippen LogP contribution is -1.95. The second kappa shape index (κ2) is 3.95. The molecule has 2 heterocycles. The van der Waals surface area contributed by atoms with Gasteiger partial charge in [-0.05, 0) is 12.1 Å². The van der Waals surface area contributed by atoms with Gasteiger partial charge in [0.15, 0.2) is 0 Å². The van der Waals surface area contributed by atoms with Gasteiger partial charge in [0.05, 0.1) is 12.1 Å². The lowest BCUT2D eigenvalue weighted by molar-refractivity contribution is 0.509. The summed E-state index contributed by atoms with van der Waals surface area (Å²) < 4.78 is 5.45. The van der Waals surface area contributed by atoms with Crippen molar-refractivity contribution in [2.24, 2.45) is 5.73 Å². The monoisotopic (exact) mass is 226 g/mol. The van der Waals surface area contributed by atoms with E-state index in [4.69, 9.17) is 10.2 Å². The van der Waals surface area contributed by atoms with Crippen LogP contribution in [0.1, 0.15) is 5.89 Å². The van der Waals surface area contributed by atoms with Crippen LogP contribution in [-0.2, 0) is 6.54 Å². The fourth-order valence-corrected chi connectivity index (χ4v) is 1.73. The van der Waals surface area contributed by atoms with Crippen LogP contribution >= 0.6 is 0 Å². The molecule has 5 heteroatoms. The Hall–Kier alpha value is -2.27. The summed E-state index contributed by atoms with van der Waals surface area (Å²) >= 11 is 0. The number of rotatable bonds is 2. The highest BCUT2D eigenvalue weighted by Crippen LogP contribution is 2.25. The maximum atomic E-state index is 5.45. The summed E-state index contributed by atoms with van der Waals surface area (Å²) in [6, 6.07) is 9.67. The molecule has 84 valence electrons. The molecule has 5 nitrogen and oxygen atoms in total. The molecule has 2 aromatic heterocycles. The zero-order valence-electron chi connectivity index (χ0n) is 9.00. The quantitative estimate of drug-likeness (QED) is 0.720. The van der Waals surface area contributed by atoms with E-state index in [1.807, 2.05) is 30.3 Å². The maximum absolute atomic E-state index is 5.45. The third-order valence-electron chi connectivity index (χ3n) is 2.52. The van der Waals surface area contributed by atoms with Crippen LogP contribution in [0.25, 0.3) is 22.4 Å². The summed E-state index contributed by atoms with van der Waals surface area (Å²) in [6.45, 7) is 0.246. The molecule has 0 amide bonds. The van der Waals surface area contributed by atoms with Gasteiger partial charge in [-0.2, -0.15) is 0 Å². The van der Waals surface area contributed by atoms with Gasteiger partial charge in [-0.25, -0.2) is 0 Å². The van der Waals surface area contributed by atoms with E-state index in [9.17, 15) is 0 Å². The first-order valence-corrected chi connectivity index (χ1v) is 5.25. The SMILES string of the molecule is NCc1nnc(-c2ccnc3ccccc23)o1. The molecule has 0 unspecified atom stereocenters. The van der Waals surface area contributed by atoms with Crippen LogP contribution in [0.15, 0.2) is 40.9 Å². The first-order valence-electron chi connectivity index (χ1n) is 5.25. The molecule has 3 aromatic rings. The van der Waals surface area contributed by atoms with Crippen molar-refractivity contribution >= 4 is 10.9 Å². The Morgan fingerprint density at radius 1 is 1.12 bits per heavy atom. The van der Waals surface area contributed by atoms with Crippen LogP contribution in [0, 0.1) is 0 Å². The molecule has 0 saturated carbocycles. The van der Waals surface area contributed by atoms with Crippen molar-refractivity contribution in [3.63, 3.8) is 0 Å². The predicted molar refractivity (Wildman–Crippen MR) is 62.9 cm³/mol. The fraction of sp³-hybridized carbons (Fsp3) is 0.0833. The second-order valence-corrected chi connectivity index (χ2v) is 3.58. The van der Waals surface area contributed by atoms with Crippen LogP contribution in [0.4, 0.5) is 0 Å². The third kappa shape index (κ3) is 1.66. The standard InChI is InChI=1S/C12H10N4O/c13-7-11-15-16-12(17-11)9-5-6-14-10-4-2-1-3-8(9)10/h1-6H,7,13H2. The van der Waals surface area contributed by atoms with Gasteiger partial charge >= 0.3 is 0 Å². The smallest absolute Gasteiger partial charge is 0.248 e. The third-order valence-corrected chi connectivity index (χ3v) is 2.52. The normalized spacial score (nSPS) is 10.9. The molecule has 0 aliphatic carbocycles. The highest BCUT2D eigenvalue weighted by molar-refractivity contribution is 5.91. The fourth-order valence-electron chi connectivity index (χ4n) is 1.73. The van der Waals surface area contributed by atoms with E-state index in [1.54, 1.807) is 6.20 Å². The lowest BCUT2D eigenvalue weighted by atomic mass is 10.1. The number of pyridine rings is 1. The Bertz CT molecular complexity index is 657. The second-order valence-electron chi connectivity index (χ2n) is 3.58. The molecule has 0 radical (unpaired) electrons. The average molecular weight is 226 g/mol. The molecule has 0 spiro atoms. The molecule has 0 saturated heterocycles. The van der Waals surface area contributed by atoms with Crippen molar-refractivity contribution in [2.45, 2.75) is 6.54 Å². The van der Waals surface area contributed by atoms with Crippen LogP contribution in [0.3, 0.4) is 0 Å². The number of nitrogens with zero attached hydrogens (tertiary/aromatic N) is 3. The van der Waals surface area contributed by atoms with E-state index in [2.05, 4.69) is 15.2 Å². The minimum atomic E-state index is 0.246. The molecule has 0 atom stereocenters. The molecule has 2 N–H and O–H groups in total. The topological polar surface area (TPSA) is 77.8 Å². The van der Waals surface area contributed by atoms with Gasteiger partial charge in [0.2, 0.25) is 11.8 Å². The van der Waals surface area contributed by atoms with Gasteiger partial charge in [0.25, 0.3) is 0 Å². The maximum Gasteiger partial charge on any atom is 0.248 e. The van der Waals surface area contributed by atoms with E-state index in [0.29, 0.717) is 11.8 Å². The lowest BCUT2D eigenvalue weighted by Gasteiger charge is -2.00. The van der Waals surface area contributed by atoms with E-state index >= 15 is 0 Å². The van der Waals surface area contributed by atoms with Crippen LogP contribution in [0.5, 0.6) is 0 Å². The van der Waals surface area contributed by atoms with Crippen LogP contribution in [0.2, 0.25) is 0 Å². The van der Waals surface area contributed by atoms with Crippen molar-refractivity contribution in [1.29, 1.82) is 0 Å². The highest BCUT2D eigenvalue weighted by Gasteiger charge is 2.10. The molecule has 0 fully saturated rings. The Kier molecular flexibility index (Phi) is 2.31. The first-order chi connectivity index (χ1) is 8.38. The van der Waals surface area contributed by atoms with Gasteiger partial charge in [-0.1, -0.05) is 18.2 Å². The summed E-state index contributed by atoms with van der Waals surface area (Å²) in [5.74, 6) is 0.907. The van der Waals surface area contributed by atoms with Crippen LogP contribution in [-0.4, -0.2) is 15.2 Å². The molecule has 0 bridgehead atoms. The average Bonchev–Trinajstić information content (AvgIpc) is 2.87. The summed E-state index contributed by atoms with van der Waals surface area (Å²) in [5, 5.41) is 8.83. The summed E-state index contributed by atoms with van der Waals surface area (Å²) in [4.78, 5) is 4.28. The molecular formula is C12H10N4O. The van der Waals surface area contributed by atoms with Crippen molar-refractivity contribution in [3.05, 3.63) is 42.4 Å². The molecular weight excluding hydrogens is 216 g/mol. The molecule has 3 rings (SSSR count). The van der Waals surface area contributed by atoms with E-state index in [0.717, 1.165) is 16.5 Å². The largest absolute Gasteiger partial charge is 0.419 e. The molecule has 0 aliphatic rings. The van der Waals surface area contributed by atoms with Crippen molar-refractivity contribution in [1.82, 2.24) is 15.2 Å². The minimum absolute atomic E-state index is 0.246. The number of benzene rings is 1. The number of hydrogen-bond acceptors (Lipinski definition) is 5. The molecule has 17 heavy (non-hydrogen) atoms. The van der Waals surface area contributed by atoms with E-state index in [1.165, 1.54) is 0 Å². The Balaban J connectivity index is 2.23. The zero-order valence-corrected chi connectivity index (χ0v) is 9.00. The van der Waals surface area contributed by atoms with E-state index < -0.39 is 0 Å². The predicted octanol–water partition coefficient (Wildman–Crippen LogP) is 1.74. The number of hydrogen-bond donors (Lipinski definition) is 1. The zero-order chi connectivity index (χ0) is 11.7. The van der Waals surface area contributed by atoms with Crippen molar-refractivity contribution in [3.8, 4) is 11.5 Å². The molecule has 1 aromatic carbocycles. The van der Waals surface area contributed by atoms with Crippen molar-refractivity contribution < 1.29 is 4.42 Å². The summed E-state index contributed by atoms with van der Waals surface area (Å²) in [5.41, 5.74) is 7.22. The Morgan fingerprint density at radius 3 is 2.82 bits per heavy atom. The number of nitrogens with two attached hydrogens (primary N) is 1. The van der Waals surface area contributed by atoms with Gasteiger partial charge < -0.3 is 10.2 Å². The first kappa shape index (κ1) is 9.92.